The number of hydrogen-bond donors (Lipinski definition) is 0. The Morgan fingerprint density at radius 3 is 2.55 bits per heavy atom. The molecule has 0 spiro atoms. The van der Waals surface area contributed by atoms with Crippen molar-refractivity contribution in [1.82, 2.24) is 9.97 Å². The van der Waals surface area contributed by atoms with Crippen molar-refractivity contribution in [2.24, 2.45) is 0 Å². The van der Waals surface area contributed by atoms with Gasteiger partial charge in [-0.25, -0.2) is 14.4 Å². The molecule has 22 heavy (non-hydrogen) atoms. The van der Waals surface area contributed by atoms with Crippen molar-refractivity contribution in [3.63, 3.8) is 0 Å². The first-order valence-corrected chi connectivity index (χ1v) is 7.16. The lowest BCUT2D eigenvalue weighted by Crippen LogP contribution is -2.47. The van der Waals surface area contributed by atoms with E-state index in [1.807, 2.05) is 24.0 Å². The summed E-state index contributed by atoms with van der Waals surface area (Å²) in [6, 6.07) is 8.68. The minimum Gasteiger partial charge on any atom is -0.367 e. The first kappa shape index (κ1) is 14.3. The SMILES string of the molecule is Cc1cc(N2CCN(c3cccc(F)c3C#N)CC2)ncn1. The first-order chi connectivity index (χ1) is 10.7. The topological polar surface area (TPSA) is 56.0 Å². The van der Waals surface area contributed by atoms with Crippen LogP contribution in [-0.4, -0.2) is 36.1 Å². The summed E-state index contributed by atoms with van der Waals surface area (Å²) in [6.07, 6.45) is 1.57. The van der Waals surface area contributed by atoms with Gasteiger partial charge in [0, 0.05) is 37.9 Å². The highest BCUT2D eigenvalue weighted by Gasteiger charge is 2.21. The molecule has 0 saturated carbocycles. The number of hydrogen-bond acceptors (Lipinski definition) is 5. The fraction of sp³-hybridized carbons (Fsp3) is 0.312. The molecule has 2 heterocycles. The second-order valence-corrected chi connectivity index (χ2v) is 5.24. The summed E-state index contributed by atoms with van der Waals surface area (Å²) in [7, 11) is 0. The van der Waals surface area contributed by atoms with E-state index >= 15 is 0 Å². The van der Waals surface area contributed by atoms with Gasteiger partial charge in [0.05, 0.1) is 5.69 Å². The predicted molar refractivity (Wildman–Crippen MR) is 82.3 cm³/mol. The smallest absolute Gasteiger partial charge is 0.143 e. The van der Waals surface area contributed by atoms with E-state index in [1.54, 1.807) is 18.5 Å². The number of nitriles is 1. The zero-order valence-electron chi connectivity index (χ0n) is 12.3. The Hall–Kier alpha value is -2.68. The number of aromatic nitrogens is 2. The molecule has 1 aromatic heterocycles. The van der Waals surface area contributed by atoms with Crippen LogP contribution in [0.1, 0.15) is 11.3 Å². The highest BCUT2D eigenvalue weighted by molar-refractivity contribution is 5.60. The van der Waals surface area contributed by atoms with E-state index in [0.717, 1.165) is 37.7 Å². The van der Waals surface area contributed by atoms with Crippen molar-refractivity contribution in [1.29, 1.82) is 5.26 Å². The van der Waals surface area contributed by atoms with Gasteiger partial charge in [-0.2, -0.15) is 5.26 Å². The Kier molecular flexibility index (Phi) is 3.88. The van der Waals surface area contributed by atoms with Crippen LogP contribution in [0.3, 0.4) is 0 Å². The van der Waals surface area contributed by atoms with Gasteiger partial charge in [-0.1, -0.05) is 6.07 Å². The number of halogens is 1. The van der Waals surface area contributed by atoms with E-state index < -0.39 is 5.82 Å². The van der Waals surface area contributed by atoms with Gasteiger partial charge in [0.15, 0.2) is 0 Å². The van der Waals surface area contributed by atoms with Crippen LogP contribution < -0.4 is 9.80 Å². The number of rotatable bonds is 2. The molecule has 3 rings (SSSR count). The van der Waals surface area contributed by atoms with E-state index in [9.17, 15) is 4.39 Å². The zero-order chi connectivity index (χ0) is 15.5. The molecule has 0 atom stereocenters. The molecule has 0 bridgehead atoms. The summed E-state index contributed by atoms with van der Waals surface area (Å²) < 4.78 is 13.7. The largest absolute Gasteiger partial charge is 0.367 e. The molecule has 1 aliphatic rings. The number of anilines is 2. The highest BCUT2D eigenvalue weighted by Crippen LogP contribution is 2.24. The van der Waals surface area contributed by atoms with E-state index in [4.69, 9.17) is 5.26 Å². The summed E-state index contributed by atoms with van der Waals surface area (Å²) in [6.45, 7) is 4.94. The van der Waals surface area contributed by atoms with Gasteiger partial charge in [-0.05, 0) is 19.1 Å². The number of nitrogens with zero attached hydrogens (tertiary/aromatic N) is 5. The quantitative estimate of drug-likeness (QED) is 0.850. The van der Waals surface area contributed by atoms with Crippen LogP contribution >= 0.6 is 0 Å². The Morgan fingerprint density at radius 1 is 1.14 bits per heavy atom. The van der Waals surface area contributed by atoms with Crippen LogP contribution in [0.4, 0.5) is 15.9 Å². The van der Waals surface area contributed by atoms with Gasteiger partial charge in [-0.3, -0.25) is 0 Å². The third-order valence-corrected chi connectivity index (χ3v) is 3.84. The fourth-order valence-corrected chi connectivity index (χ4v) is 2.68. The maximum atomic E-state index is 13.7. The Bertz CT molecular complexity index is 717. The van der Waals surface area contributed by atoms with Gasteiger partial charge >= 0.3 is 0 Å². The molecule has 0 N–H and O–H groups in total. The lowest BCUT2D eigenvalue weighted by atomic mass is 10.1. The van der Waals surface area contributed by atoms with Crippen molar-refractivity contribution >= 4 is 11.5 Å². The molecule has 1 aromatic carbocycles. The molecule has 5 nitrogen and oxygen atoms in total. The number of aryl methyl sites for hydroxylation is 1. The molecule has 0 unspecified atom stereocenters. The third kappa shape index (κ3) is 2.70. The van der Waals surface area contributed by atoms with Crippen LogP contribution in [0.25, 0.3) is 0 Å². The molecule has 0 radical (unpaired) electrons. The van der Waals surface area contributed by atoms with Crippen molar-refractivity contribution < 1.29 is 4.39 Å². The fourth-order valence-electron chi connectivity index (χ4n) is 2.68. The predicted octanol–water partition coefficient (Wildman–Crippen LogP) is 2.12. The second kappa shape index (κ2) is 5.98. The van der Waals surface area contributed by atoms with Crippen LogP contribution in [0, 0.1) is 24.1 Å². The molecule has 0 aliphatic carbocycles. The summed E-state index contributed by atoms with van der Waals surface area (Å²) in [5.74, 6) is 0.445. The van der Waals surface area contributed by atoms with E-state index in [1.165, 1.54) is 6.07 Å². The Morgan fingerprint density at radius 2 is 1.86 bits per heavy atom. The summed E-state index contributed by atoms with van der Waals surface area (Å²) in [4.78, 5) is 12.6. The average molecular weight is 297 g/mol. The molecule has 1 saturated heterocycles. The van der Waals surface area contributed by atoms with Crippen LogP contribution in [0.15, 0.2) is 30.6 Å². The Labute approximate surface area is 128 Å². The molecule has 1 fully saturated rings. The van der Waals surface area contributed by atoms with E-state index in [0.29, 0.717) is 5.69 Å². The standard InChI is InChI=1S/C16H16FN5/c1-12-9-16(20-11-19-12)22-7-5-21(6-8-22)15-4-2-3-14(17)13(15)10-18/h2-4,9,11H,5-8H2,1H3. The lowest BCUT2D eigenvalue weighted by Gasteiger charge is -2.37. The molecule has 1 aliphatic heterocycles. The van der Waals surface area contributed by atoms with E-state index in [-0.39, 0.29) is 5.56 Å². The van der Waals surface area contributed by atoms with Gasteiger partial charge in [0.1, 0.15) is 29.6 Å². The molecular weight excluding hydrogens is 281 g/mol. The van der Waals surface area contributed by atoms with Crippen molar-refractivity contribution in [3.05, 3.63) is 47.7 Å². The molecule has 6 heteroatoms. The first-order valence-electron chi connectivity index (χ1n) is 7.16. The maximum Gasteiger partial charge on any atom is 0.143 e. The van der Waals surface area contributed by atoms with Gasteiger partial charge < -0.3 is 9.80 Å². The van der Waals surface area contributed by atoms with Crippen molar-refractivity contribution in [2.45, 2.75) is 6.92 Å². The van der Waals surface area contributed by atoms with Crippen molar-refractivity contribution in [2.75, 3.05) is 36.0 Å². The highest BCUT2D eigenvalue weighted by atomic mass is 19.1. The summed E-state index contributed by atoms with van der Waals surface area (Å²) >= 11 is 0. The molecule has 0 amide bonds. The minimum atomic E-state index is -0.464. The Balaban J connectivity index is 1.75. The average Bonchev–Trinajstić information content (AvgIpc) is 2.55. The van der Waals surface area contributed by atoms with Gasteiger partial charge in [-0.15, -0.1) is 0 Å². The molecular formula is C16H16FN5. The number of piperazine rings is 1. The maximum absolute atomic E-state index is 13.7. The van der Waals surface area contributed by atoms with Gasteiger partial charge in [0.2, 0.25) is 0 Å². The van der Waals surface area contributed by atoms with Crippen molar-refractivity contribution in [3.8, 4) is 6.07 Å². The third-order valence-electron chi connectivity index (χ3n) is 3.84. The van der Waals surface area contributed by atoms with E-state index in [2.05, 4.69) is 14.9 Å². The summed E-state index contributed by atoms with van der Waals surface area (Å²) in [5, 5.41) is 9.15. The zero-order valence-corrected chi connectivity index (χ0v) is 12.3. The molecule has 2 aromatic rings. The lowest BCUT2D eigenvalue weighted by molar-refractivity contribution is 0.615. The molecule has 112 valence electrons. The minimum absolute atomic E-state index is 0.119. The van der Waals surface area contributed by atoms with Crippen LogP contribution in [0.5, 0.6) is 0 Å². The van der Waals surface area contributed by atoms with Crippen LogP contribution in [0.2, 0.25) is 0 Å². The second-order valence-electron chi connectivity index (χ2n) is 5.24. The monoisotopic (exact) mass is 297 g/mol. The number of benzene rings is 1. The van der Waals surface area contributed by atoms with Crippen LogP contribution in [-0.2, 0) is 0 Å². The van der Waals surface area contributed by atoms with Gasteiger partial charge in [0.25, 0.3) is 0 Å². The normalized spacial score (nSPS) is 14.8. The summed E-state index contributed by atoms with van der Waals surface area (Å²) in [5.41, 5.74) is 1.72.